The molecule has 0 heterocycles. The van der Waals surface area contributed by atoms with Gasteiger partial charge in [-0.05, 0) is 24.1 Å². The fourth-order valence-electron chi connectivity index (χ4n) is 0.892. The van der Waals surface area contributed by atoms with Gasteiger partial charge in [0.05, 0.1) is 4.90 Å². The van der Waals surface area contributed by atoms with Crippen molar-refractivity contribution in [3.8, 4) is 0 Å². The summed E-state index contributed by atoms with van der Waals surface area (Å²) in [6, 6.07) is 5.96. The average molecular weight is 249 g/mol. The standard InChI is InChI=1S/C8H10O3S.Cu/c1-2-7-3-5-8(6-4-7)12(9,10)11;/h3-6H,2H2,1H3,(H,9,10,11);/q;+1/p-1. The van der Waals surface area contributed by atoms with Gasteiger partial charge in [0.2, 0.25) is 0 Å². The Labute approximate surface area is 88.4 Å². The summed E-state index contributed by atoms with van der Waals surface area (Å²) < 4.78 is 31.4. The number of aryl methyl sites for hydroxylation is 1. The number of benzene rings is 1. The molecule has 0 fully saturated rings. The van der Waals surface area contributed by atoms with E-state index < -0.39 is 10.1 Å². The van der Waals surface area contributed by atoms with E-state index in [4.69, 9.17) is 0 Å². The molecule has 13 heavy (non-hydrogen) atoms. The fraction of sp³-hybridized carbons (Fsp3) is 0.250. The van der Waals surface area contributed by atoms with Crippen molar-refractivity contribution in [2.75, 3.05) is 0 Å². The maximum atomic E-state index is 10.5. The Hall–Kier alpha value is -0.351. The zero-order chi connectivity index (χ0) is 9.19. The quantitative estimate of drug-likeness (QED) is 0.583. The van der Waals surface area contributed by atoms with Crippen molar-refractivity contribution in [2.45, 2.75) is 18.2 Å². The van der Waals surface area contributed by atoms with Crippen molar-refractivity contribution < 1.29 is 30.0 Å². The molecule has 0 bridgehead atoms. The third-order valence-electron chi connectivity index (χ3n) is 1.62. The Bertz CT molecular complexity index is 355. The van der Waals surface area contributed by atoms with Crippen molar-refractivity contribution in [1.29, 1.82) is 0 Å². The van der Waals surface area contributed by atoms with Gasteiger partial charge in [0.15, 0.2) is 0 Å². The Morgan fingerprint density at radius 3 is 2.00 bits per heavy atom. The van der Waals surface area contributed by atoms with Gasteiger partial charge in [-0.25, -0.2) is 8.42 Å². The molecule has 1 aromatic carbocycles. The molecule has 0 spiro atoms. The first kappa shape index (κ1) is 12.6. The van der Waals surface area contributed by atoms with Crippen molar-refractivity contribution in [3.05, 3.63) is 29.8 Å². The molecular weight excluding hydrogens is 240 g/mol. The molecule has 0 amide bonds. The van der Waals surface area contributed by atoms with Crippen LogP contribution in [-0.4, -0.2) is 13.0 Å². The monoisotopic (exact) mass is 248 g/mol. The summed E-state index contributed by atoms with van der Waals surface area (Å²) >= 11 is 0. The van der Waals surface area contributed by atoms with Gasteiger partial charge in [-0.1, -0.05) is 19.1 Å². The summed E-state index contributed by atoms with van der Waals surface area (Å²) in [4.78, 5) is -0.167. The number of hydrogen-bond donors (Lipinski definition) is 0. The van der Waals surface area contributed by atoms with Crippen LogP contribution < -0.4 is 0 Å². The Balaban J connectivity index is 0.00000144. The molecule has 0 atom stereocenters. The van der Waals surface area contributed by atoms with Gasteiger partial charge in [-0.3, -0.25) is 0 Å². The Morgan fingerprint density at radius 1 is 1.23 bits per heavy atom. The molecule has 0 N–H and O–H groups in total. The summed E-state index contributed by atoms with van der Waals surface area (Å²) in [5.41, 5.74) is 1.02. The molecule has 76 valence electrons. The predicted molar refractivity (Wildman–Crippen MR) is 43.8 cm³/mol. The minimum Gasteiger partial charge on any atom is -0.744 e. The topological polar surface area (TPSA) is 57.2 Å². The SMILES string of the molecule is CCc1ccc(S(=O)(=O)[O-])cc1.[Cu+]. The van der Waals surface area contributed by atoms with Crippen LogP contribution in [0.5, 0.6) is 0 Å². The molecule has 0 aromatic heterocycles. The molecule has 5 heteroatoms. The molecule has 1 rings (SSSR count). The first-order valence-corrected chi connectivity index (χ1v) is 4.99. The van der Waals surface area contributed by atoms with E-state index in [2.05, 4.69) is 0 Å². The van der Waals surface area contributed by atoms with E-state index in [1.54, 1.807) is 12.1 Å². The summed E-state index contributed by atoms with van der Waals surface area (Å²) in [5.74, 6) is 0. The van der Waals surface area contributed by atoms with Crippen molar-refractivity contribution >= 4 is 10.1 Å². The van der Waals surface area contributed by atoms with Crippen LogP contribution in [0, 0.1) is 0 Å². The van der Waals surface area contributed by atoms with E-state index in [-0.39, 0.29) is 22.0 Å². The fourth-order valence-corrected chi connectivity index (χ4v) is 1.36. The molecular formula is C8H9CuO3S. The third-order valence-corrected chi connectivity index (χ3v) is 2.47. The van der Waals surface area contributed by atoms with Crippen molar-refractivity contribution in [3.63, 3.8) is 0 Å². The Morgan fingerprint density at radius 2 is 1.69 bits per heavy atom. The van der Waals surface area contributed by atoms with Gasteiger partial charge in [0.1, 0.15) is 10.1 Å². The van der Waals surface area contributed by atoms with Crippen LogP contribution in [0.4, 0.5) is 0 Å². The van der Waals surface area contributed by atoms with Gasteiger partial charge in [-0.15, -0.1) is 0 Å². The van der Waals surface area contributed by atoms with Crippen LogP contribution in [0.1, 0.15) is 12.5 Å². The van der Waals surface area contributed by atoms with E-state index >= 15 is 0 Å². The van der Waals surface area contributed by atoms with Crippen LogP contribution in [0.3, 0.4) is 0 Å². The van der Waals surface area contributed by atoms with Crippen molar-refractivity contribution in [1.82, 2.24) is 0 Å². The zero-order valence-corrected chi connectivity index (χ0v) is 8.71. The van der Waals surface area contributed by atoms with Crippen LogP contribution >= 0.6 is 0 Å². The molecule has 0 aliphatic rings. The molecule has 0 saturated carbocycles. The molecule has 0 aliphatic heterocycles. The van der Waals surface area contributed by atoms with E-state index in [9.17, 15) is 13.0 Å². The molecule has 1 aromatic rings. The Kier molecular flexibility index (Phi) is 4.64. The smallest absolute Gasteiger partial charge is 0.744 e. The van der Waals surface area contributed by atoms with Gasteiger partial charge >= 0.3 is 17.1 Å². The molecule has 0 saturated heterocycles. The third kappa shape index (κ3) is 3.48. The minimum absolute atomic E-state index is 0. The molecule has 0 radical (unpaired) electrons. The molecule has 0 aliphatic carbocycles. The van der Waals surface area contributed by atoms with Crippen LogP contribution in [-0.2, 0) is 33.6 Å². The predicted octanol–water partition coefficient (Wildman–Crippen LogP) is 1.15. The second kappa shape index (κ2) is 4.77. The van der Waals surface area contributed by atoms with Crippen molar-refractivity contribution in [2.24, 2.45) is 0 Å². The average Bonchev–Trinajstić information content (AvgIpc) is 2.03. The van der Waals surface area contributed by atoms with Crippen LogP contribution in [0.15, 0.2) is 29.2 Å². The van der Waals surface area contributed by atoms with E-state index in [1.165, 1.54) is 12.1 Å². The first-order chi connectivity index (χ1) is 5.54. The van der Waals surface area contributed by atoms with Crippen LogP contribution in [0.2, 0.25) is 0 Å². The van der Waals surface area contributed by atoms with Gasteiger partial charge < -0.3 is 4.55 Å². The van der Waals surface area contributed by atoms with E-state index in [1.807, 2.05) is 6.92 Å². The maximum Gasteiger partial charge on any atom is 1.00 e. The summed E-state index contributed by atoms with van der Waals surface area (Å²) in [5, 5.41) is 0. The number of rotatable bonds is 2. The van der Waals surface area contributed by atoms with E-state index in [0.29, 0.717) is 0 Å². The minimum atomic E-state index is -4.28. The van der Waals surface area contributed by atoms with Gasteiger partial charge in [0.25, 0.3) is 0 Å². The van der Waals surface area contributed by atoms with Gasteiger partial charge in [0, 0.05) is 0 Å². The van der Waals surface area contributed by atoms with Crippen LogP contribution in [0.25, 0.3) is 0 Å². The maximum absolute atomic E-state index is 10.5. The summed E-state index contributed by atoms with van der Waals surface area (Å²) in [7, 11) is -4.28. The summed E-state index contributed by atoms with van der Waals surface area (Å²) in [6.07, 6.45) is 0.833. The normalized spacial score (nSPS) is 10.6. The first-order valence-electron chi connectivity index (χ1n) is 3.59. The molecule has 0 unspecified atom stereocenters. The van der Waals surface area contributed by atoms with Gasteiger partial charge in [-0.2, -0.15) is 0 Å². The second-order valence-corrected chi connectivity index (χ2v) is 3.83. The van der Waals surface area contributed by atoms with E-state index in [0.717, 1.165) is 12.0 Å². The zero-order valence-electron chi connectivity index (χ0n) is 6.95. The molecule has 3 nitrogen and oxygen atoms in total. The summed E-state index contributed by atoms with van der Waals surface area (Å²) in [6.45, 7) is 1.96. The number of hydrogen-bond acceptors (Lipinski definition) is 3. The second-order valence-electron chi connectivity index (χ2n) is 2.45. The largest absolute Gasteiger partial charge is 1.00 e.